The van der Waals surface area contributed by atoms with Crippen LogP contribution in [0.1, 0.15) is 24.8 Å². The van der Waals surface area contributed by atoms with Crippen LogP contribution in [0.2, 0.25) is 0 Å². The fourth-order valence-corrected chi connectivity index (χ4v) is 2.74. The molecule has 0 radical (unpaired) electrons. The number of nitrogens with zero attached hydrogens (tertiary/aromatic N) is 3. The Labute approximate surface area is 135 Å². The van der Waals surface area contributed by atoms with Gasteiger partial charge in [-0.05, 0) is 63.8 Å². The zero-order valence-corrected chi connectivity index (χ0v) is 14.2. The van der Waals surface area contributed by atoms with Crippen molar-refractivity contribution >= 4 is 24.8 Å². The minimum atomic E-state index is 0. The average molecular weight is 323 g/mol. The molecule has 2 heterocycles. The molecule has 1 fully saturated rings. The number of likely N-dealkylation sites (tertiary alicyclic amines) is 1. The van der Waals surface area contributed by atoms with Gasteiger partial charge < -0.3 is 10.2 Å². The predicted molar refractivity (Wildman–Crippen MR) is 89.1 cm³/mol. The summed E-state index contributed by atoms with van der Waals surface area (Å²) in [6.45, 7) is 4.90. The highest BCUT2D eigenvalue weighted by Gasteiger charge is 2.18. The smallest absolute Gasteiger partial charge is 0.0522 e. The van der Waals surface area contributed by atoms with E-state index in [1.54, 1.807) is 0 Å². The number of hydrogen-bond donors (Lipinski definition) is 1. The first-order valence-corrected chi connectivity index (χ1v) is 7.12. The van der Waals surface area contributed by atoms with Gasteiger partial charge in [0.2, 0.25) is 0 Å². The monoisotopic (exact) mass is 322 g/mol. The lowest BCUT2D eigenvalue weighted by molar-refractivity contribution is 0.181. The fraction of sp³-hybridized carbons (Fsp3) is 0.786. The van der Waals surface area contributed by atoms with Crippen molar-refractivity contribution in [3.8, 4) is 0 Å². The van der Waals surface area contributed by atoms with Gasteiger partial charge >= 0.3 is 0 Å². The van der Waals surface area contributed by atoms with Gasteiger partial charge in [0, 0.05) is 19.8 Å². The number of nitrogens with one attached hydrogen (secondary N) is 1. The molecule has 1 aliphatic heterocycles. The summed E-state index contributed by atoms with van der Waals surface area (Å²) < 4.78 is 1.89. The molecule has 0 amide bonds. The molecule has 0 bridgehead atoms. The Kier molecular flexibility index (Phi) is 10.3. The van der Waals surface area contributed by atoms with Crippen LogP contribution in [0.15, 0.2) is 12.4 Å². The largest absolute Gasteiger partial charge is 0.320 e. The molecule has 0 atom stereocenters. The lowest BCUT2D eigenvalue weighted by atomic mass is 9.93. The molecule has 118 valence electrons. The van der Waals surface area contributed by atoms with Gasteiger partial charge in [0.05, 0.1) is 6.20 Å². The van der Waals surface area contributed by atoms with E-state index < -0.39 is 0 Å². The molecule has 0 saturated carbocycles. The fourth-order valence-electron chi connectivity index (χ4n) is 2.74. The summed E-state index contributed by atoms with van der Waals surface area (Å²) in [5.41, 5.74) is 1.36. The Bertz CT molecular complexity index is 349. The van der Waals surface area contributed by atoms with Crippen LogP contribution in [0.25, 0.3) is 0 Å². The molecule has 4 nitrogen and oxygen atoms in total. The highest BCUT2D eigenvalue weighted by Crippen LogP contribution is 2.20. The second kappa shape index (κ2) is 10.4. The zero-order chi connectivity index (χ0) is 12.8. The molecule has 0 unspecified atom stereocenters. The van der Waals surface area contributed by atoms with E-state index in [-0.39, 0.29) is 24.8 Å². The molecule has 0 spiro atoms. The number of aryl methyl sites for hydroxylation is 1. The molecule has 0 aromatic carbocycles. The van der Waals surface area contributed by atoms with Crippen LogP contribution in [0.4, 0.5) is 0 Å². The first-order chi connectivity index (χ1) is 8.78. The topological polar surface area (TPSA) is 33.1 Å². The second-order valence-electron chi connectivity index (χ2n) is 5.45. The number of rotatable bonds is 6. The number of aromatic nitrogens is 2. The lowest BCUT2D eigenvalue weighted by Crippen LogP contribution is -2.35. The van der Waals surface area contributed by atoms with Gasteiger partial charge in [-0.25, -0.2) is 0 Å². The lowest BCUT2D eigenvalue weighted by Gasteiger charge is -2.31. The Morgan fingerprint density at radius 3 is 2.55 bits per heavy atom. The van der Waals surface area contributed by atoms with E-state index in [9.17, 15) is 0 Å². The van der Waals surface area contributed by atoms with Crippen molar-refractivity contribution in [2.45, 2.75) is 25.7 Å². The molecule has 20 heavy (non-hydrogen) atoms. The van der Waals surface area contributed by atoms with Crippen molar-refractivity contribution in [1.29, 1.82) is 0 Å². The normalized spacial score (nSPS) is 16.5. The first-order valence-electron chi connectivity index (χ1n) is 7.12. The molecular formula is C14H28Cl2N4. The van der Waals surface area contributed by atoms with E-state index in [2.05, 4.69) is 21.5 Å². The summed E-state index contributed by atoms with van der Waals surface area (Å²) in [5, 5.41) is 7.47. The van der Waals surface area contributed by atoms with E-state index >= 15 is 0 Å². The summed E-state index contributed by atoms with van der Waals surface area (Å²) in [5.74, 6) is 0.937. The summed E-state index contributed by atoms with van der Waals surface area (Å²) in [7, 11) is 4.03. The van der Waals surface area contributed by atoms with Gasteiger partial charge in [-0.1, -0.05) is 0 Å². The molecule has 1 aliphatic rings. The third-order valence-electron chi connectivity index (χ3n) is 3.98. The summed E-state index contributed by atoms with van der Waals surface area (Å²) in [6, 6.07) is 0. The predicted octanol–water partition coefficient (Wildman–Crippen LogP) is 2.13. The van der Waals surface area contributed by atoms with Crippen molar-refractivity contribution in [2.75, 3.05) is 33.2 Å². The maximum Gasteiger partial charge on any atom is 0.0522 e. The molecule has 2 rings (SSSR count). The Hall–Kier alpha value is -0.290. The zero-order valence-electron chi connectivity index (χ0n) is 12.5. The van der Waals surface area contributed by atoms with Crippen LogP contribution in [0.5, 0.6) is 0 Å². The summed E-state index contributed by atoms with van der Waals surface area (Å²) in [6.07, 6.45) is 9.32. The van der Waals surface area contributed by atoms with Gasteiger partial charge in [-0.3, -0.25) is 4.68 Å². The number of halogens is 2. The summed E-state index contributed by atoms with van der Waals surface area (Å²) >= 11 is 0. The van der Waals surface area contributed by atoms with Crippen LogP contribution >= 0.6 is 24.8 Å². The van der Waals surface area contributed by atoms with Crippen molar-refractivity contribution in [2.24, 2.45) is 13.0 Å². The van der Waals surface area contributed by atoms with Crippen LogP contribution in [-0.4, -0.2) is 47.9 Å². The van der Waals surface area contributed by atoms with Gasteiger partial charge in [0.1, 0.15) is 0 Å². The van der Waals surface area contributed by atoms with E-state index in [0.717, 1.165) is 12.3 Å². The maximum absolute atomic E-state index is 4.22. The summed E-state index contributed by atoms with van der Waals surface area (Å²) in [4.78, 5) is 2.60. The van der Waals surface area contributed by atoms with Crippen LogP contribution in [0.3, 0.4) is 0 Å². The van der Waals surface area contributed by atoms with Gasteiger partial charge in [-0.15, -0.1) is 24.8 Å². The Morgan fingerprint density at radius 2 is 2.00 bits per heavy atom. The van der Waals surface area contributed by atoms with Crippen molar-refractivity contribution in [1.82, 2.24) is 20.0 Å². The molecule has 1 aromatic heterocycles. The minimum absolute atomic E-state index is 0. The number of hydrogen-bond acceptors (Lipinski definition) is 3. The number of piperidine rings is 1. The Morgan fingerprint density at radius 1 is 1.30 bits per heavy atom. The van der Waals surface area contributed by atoms with Gasteiger partial charge in [0.15, 0.2) is 0 Å². The minimum Gasteiger partial charge on any atom is -0.320 e. The Balaban J connectivity index is 0.00000180. The second-order valence-corrected chi connectivity index (χ2v) is 5.45. The highest BCUT2D eigenvalue weighted by molar-refractivity contribution is 5.85. The van der Waals surface area contributed by atoms with E-state index in [1.807, 2.05) is 25.0 Å². The van der Waals surface area contributed by atoms with Crippen molar-refractivity contribution in [3.63, 3.8) is 0 Å². The van der Waals surface area contributed by atoms with Crippen LogP contribution in [-0.2, 0) is 13.5 Å². The van der Waals surface area contributed by atoms with Crippen molar-refractivity contribution < 1.29 is 0 Å². The molecule has 1 aromatic rings. The van der Waals surface area contributed by atoms with Crippen molar-refractivity contribution in [3.05, 3.63) is 18.0 Å². The van der Waals surface area contributed by atoms with E-state index in [0.29, 0.717) is 0 Å². The quantitative estimate of drug-likeness (QED) is 0.871. The third kappa shape index (κ3) is 6.44. The third-order valence-corrected chi connectivity index (χ3v) is 3.98. The SMILES string of the molecule is CNCCC1CCN(CCc2cnn(C)c2)CC1.Cl.Cl. The van der Waals surface area contributed by atoms with Crippen LogP contribution in [0, 0.1) is 5.92 Å². The molecule has 6 heteroatoms. The maximum atomic E-state index is 4.22. The average Bonchev–Trinajstić information content (AvgIpc) is 2.81. The highest BCUT2D eigenvalue weighted by atomic mass is 35.5. The molecule has 1 N–H and O–H groups in total. The van der Waals surface area contributed by atoms with Gasteiger partial charge in [-0.2, -0.15) is 5.10 Å². The first kappa shape index (κ1) is 19.7. The van der Waals surface area contributed by atoms with Gasteiger partial charge in [0.25, 0.3) is 0 Å². The van der Waals surface area contributed by atoms with E-state index in [4.69, 9.17) is 0 Å². The van der Waals surface area contributed by atoms with Crippen LogP contribution < -0.4 is 5.32 Å². The molecular weight excluding hydrogens is 295 g/mol. The standard InChI is InChI=1S/C14H26N4.2ClH/c1-15-7-3-13-4-8-18(9-5-13)10-6-14-11-16-17(2)12-14;;/h11-13,15H,3-10H2,1-2H3;2*1H. The van der Waals surface area contributed by atoms with E-state index in [1.165, 1.54) is 51.0 Å². The molecule has 0 aliphatic carbocycles. The molecule has 1 saturated heterocycles.